The molecule has 0 aliphatic heterocycles. The largest absolute Gasteiger partial charge is 0.465 e. The van der Waals surface area contributed by atoms with E-state index in [-0.39, 0.29) is 17.5 Å². The van der Waals surface area contributed by atoms with Gasteiger partial charge in [-0.1, -0.05) is 24.3 Å². The number of carbonyl (C=O) groups is 2. The van der Waals surface area contributed by atoms with Crippen LogP contribution in [0.25, 0.3) is 0 Å². The Bertz CT molecular complexity index is 1030. The molecule has 0 aliphatic rings. The first-order chi connectivity index (χ1) is 13.5. The van der Waals surface area contributed by atoms with Crippen LogP contribution in [-0.2, 0) is 4.74 Å². The van der Waals surface area contributed by atoms with Crippen LogP contribution >= 0.6 is 0 Å². The van der Waals surface area contributed by atoms with Gasteiger partial charge in [-0.05, 0) is 49.2 Å². The first-order valence-corrected chi connectivity index (χ1v) is 8.64. The summed E-state index contributed by atoms with van der Waals surface area (Å²) in [6.07, 6.45) is 1.48. The van der Waals surface area contributed by atoms with Crippen LogP contribution < -0.4 is 10.6 Å². The second-order valence-corrected chi connectivity index (χ2v) is 6.13. The summed E-state index contributed by atoms with van der Waals surface area (Å²) in [6.45, 7) is 3.93. The molecule has 2 N–H and O–H groups in total. The van der Waals surface area contributed by atoms with Crippen LogP contribution in [0.4, 0.5) is 17.3 Å². The Morgan fingerprint density at radius 2 is 1.71 bits per heavy atom. The molecular formula is C21H20N4O3. The van der Waals surface area contributed by atoms with E-state index in [9.17, 15) is 9.59 Å². The van der Waals surface area contributed by atoms with Crippen molar-refractivity contribution in [2.45, 2.75) is 13.8 Å². The fourth-order valence-electron chi connectivity index (χ4n) is 2.62. The summed E-state index contributed by atoms with van der Waals surface area (Å²) < 4.78 is 4.78. The Labute approximate surface area is 162 Å². The van der Waals surface area contributed by atoms with Gasteiger partial charge in [-0.3, -0.25) is 4.79 Å². The highest BCUT2D eigenvalue weighted by Gasteiger charge is 2.14. The third kappa shape index (κ3) is 4.15. The molecule has 3 rings (SSSR count). The molecule has 3 aromatic rings. The number of anilines is 3. The van der Waals surface area contributed by atoms with Gasteiger partial charge in [-0.25, -0.2) is 14.8 Å². The van der Waals surface area contributed by atoms with Crippen molar-refractivity contribution in [3.05, 3.63) is 77.1 Å². The number of hydrogen-bond donors (Lipinski definition) is 2. The predicted molar refractivity (Wildman–Crippen MR) is 107 cm³/mol. The van der Waals surface area contributed by atoms with Crippen LogP contribution in [0.2, 0.25) is 0 Å². The van der Waals surface area contributed by atoms with Gasteiger partial charge in [0.05, 0.1) is 18.4 Å². The second-order valence-electron chi connectivity index (χ2n) is 6.13. The average Bonchev–Trinajstić information content (AvgIpc) is 2.71. The monoisotopic (exact) mass is 376 g/mol. The van der Waals surface area contributed by atoms with Gasteiger partial charge in [0.2, 0.25) is 5.95 Å². The van der Waals surface area contributed by atoms with E-state index in [1.807, 2.05) is 32.0 Å². The summed E-state index contributed by atoms with van der Waals surface area (Å²) in [5.74, 6) is -0.628. The number of hydrogen-bond acceptors (Lipinski definition) is 6. The molecule has 0 spiro atoms. The number of aryl methyl sites for hydroxylation is 1. The molecule has 0 unspecified atom stereocenters. The minimum atomic E-state index is -0.480. The van der Waals surface area contributed by atoms with E-state index >= 15 is 0 Å². The van der Waals surface area contributed by atoms with E-state index in [2.05, 4.69) is 20.6 Å². The second kappa shape index (κ2) is 8.30. The van der Waals surface area contributed by atoms with Gasteiger partial charge in [0.25, 0.3) is 5.91 Å². The van der Waals surface area contributed by atoms with Crippen LogP contribution in [-0.4, -0.2) is 29.0 Å². The lowest BCUT2D eigenvalue weighted by Gasteiger charge is -2.11. The maximum absolute atomic E-state index is 12.6. The molecule has 28 heavy (non-hydrogen) atoms. The maximum atomic E-state index is 12.6. The van der Waals surface area contributed by atoms with Crippen molar-refractivity contribution in [1.29, 1.82) is 0 Å². The number of benzene rings is 2. The SMILES string of the molecule is COC(=O)c1ccccc1Nc1nccc(C(=O)Nc2cccc(C)c2C)n1. The summed E-state index contributed by atoms with van der Waals surface area (Å²) in [6, 6.07) is 14.1. The van der Waals surface area contributed by atoms with E-state index in [1.54, 1.807) is 24.3 Å². The third-order valence-electron chi connectivity index (χ3n) is 4.32. The van der Waals surface area contributed by atoms with Crippen molar-refractivity contribution in [3.8, 4) is 0 Å². The van der Waals surface area contributed by atoms with E-state index in [4.69, 9.17) is 4.74 Å². The molecule has 0 saturated heterocycles. The summed E-state index contributed by atoms with van der Waals surface area (Å²) in [5.41, 5.74) is 3.85. The minimum Gasteiger partial charge on any atom is -0.465 e. The van der Waals surface area contributed by atoms with Crippen LogP contribution in [0.15, 0.2) is 54.7 Å². The molecule has 0 radical (unpaired) electrons. The van der Waals surface area contributed by atoms with E-state index in [1.165, 1.54) is 19.4 Å². The molecule has 2 aromatic carbocycles. The maximum Gasteiger partial charge on any atom is 0.339 e. The van der Waals surface area contributed by atoms with Crippen LogP contribution in [0.5, 0.6) is 0 Å². The van der Waals surface area contributed by atoms with E-state index < -0.39 is 5.97 Å². The van der Waals surface area contributed by atoms with Gasteiger partial charge in [0.1, 0.15) is 5.69 Å². The first kappa shape index (κ1) is 19.0. The summed E-state index contributed by atoms with van der Waals surface area (Å²) >= 11 is 0. The number of amides is 1. The molecule has 0 aliphatic carbocycles. The lowest BCUT2D eigenvalue weighted by atomic mass is 10.1. The number of rotatable bonds is 5. The molecular weight excluding hydrogens is 356 g/mol. The Morgan fingerprint density at radius 3 is 2.50 bits per heavy atom. The van der Waals surface area contributed by atoms with Crippen molar-refractivity contribution in [2.24, 2.45) is 0 Å². The van der Waals surface area contributed by atoms with Crippen molar-refractivity contribution in [2.75, 3.05) is 17.7 Å². The van der Waals surface area contributed by atoms with Crippen molar-refractivity contribution >= 4 is 29.2 Å². The Balaban J connectivity index is 1.82. The molecule has 1 amide bonds. The molecule has 1 aromatic heterocycles. The standard InChI is InChI=1S/C21H20N4O3/c1-13-7-6-10-16(14(13)2)23-19(26)18-11-12-22-21(25-18)24-17-9-5-4-8-15(17)20(27)28-3/h4-12H,1-3H3,(H,23,26)(H,22,24,25). The lowest BCUT2D eigenvalue weighted by molar-refractivity contribution is 0.0601. The number of methoxy groups -OCH3 is 1. The van der Waals surface area contributed by atoms with Crippen molar-refractivity contribution in [3.63, 3.8) is 0 Å². The van der Waals surface area contributed by atoms with Gasteiger partial charge in [-0.2, -0.15) is 0 Å². The van der Waals surface area contributed by atoms with Crippen LogP contribution in [0, 0.1) is 13.8 Å². The number of para-hydroxylation sites is 1. The molecule has 0 bridgehead atoms. The normalized spacial score (nSPS) is 10.2. The van der Waals surface area contributed by atoms with Crippen molar-refractivity contribution < 1.29 is 14.3 Å². The minimum absolute atomic E-state index is 0.199. The van der Waals surface area contributed by atoms with Gasteiger partial charge < -0.3 is 15.4 Å². The summed E-state index contributed by atoms with van der Waals surface area (Å²) in [4.78, 5) is 32.9. The Morgan fingerprint density at radius 1 is 0.964 bits per heavy atom. The molecule has 7 heteroatoms. The molecule has 0 saturated carbocycles. The van der Waals surface area contributed by atoms with Crippen LogP contribution in [0.1, 0.15) is 32.0 Å². The quantitative estimate of drug-likeness (QED) is 0.657. The molecule has 1 heterocycles. The zero-order chi connectivity index (χ0) is 20.1. The number of aromatic nitrogens is 2. The van der Waals surface area contributed by atoms with Crippen molar-refractivity contribution in [1.82, 2.24) is 9.97 Å². The summed E-state index contributed by atoms with van der Waals surface area (Å²) in [7, 11) is 1.31. The number of esters is 1. The highest BCUT2D eigenvalue weighted by molar-refractivity contribution is 6.03. The third-order valence-corrected chi connectivity index (χ3v) is 4.32. The number of nitrogens with one attached hydrogen (secondary N) is 2. The van der Waals surface area contributed by atoms with Crippen LogP contribution in [0.3, 0.4) is 0 Å². The number of carbonyl (C=O) groups excluding carboxylic acids is 2. The molecule has 0 atom stereocenters. The topological polar surface area (TPSA) is 93.2 Å². The lowest BCUT2D eigenvalue weighted by Crippen LogP contribution is -2.16. The molecule has 142 valence electrons. The molecule has 7 nitrogen and oxygen atoms in total. The molecule has 0 fully saturated rings. The first-order valence-electron chi connectivity index (χ1n) is 8.64. The average molecular weight is 376 g/mol. The highest BCUT2D eigenvalue weighted by Crippen LogP contribution is 2.21. The van der Waals surface area contributed by atoms with Gasteiger partial charge in [0.15, 0.2) is 0 Å². The zero-order valence-corrected chi connectivity index (χ0v) is 15.8. The summed E-state index contributed by atoms with van der Waals surface area (Å²) in [5, 5.41) is 5.83. The van der Waals surface area contributed by atoms with E-state index in [0.717, 1.165) is 16.8 Å². The van der Waals surface area contributed by atoms with Gasteiger partial charge in [0, 0.05) is 11.9 Å². The zero-order valence-electron chi connectivity index (χ0n) is 15.8. The highest BCUT2D eigenvalue weighted by atomic mass is 16.5. The Hall–Kier alpha value is -3.74. The number of ether oxygens (including phenoxy) is 1. The van der Waals surface area contributed by atoms with E-state index in [0.29, 0.717) is 11.3 Å². The van der Waals surface area contributed by atoms with Gasteiger partial charge in [-0.15, -0.1) is 0 Å². The fourth-order valence-corrected chi connectivity index (χ4v) is 2.62. The Kier molecular flexibility index (Phi) is 5.64. The fraction of sp³-hybridized carbons (Fsp3) is 0.143. The predicted octanol–water partition coefficient (Wildman–Crippen LogP) is 3.88. The van der Waals surface area contributed by atoms with Gasteiger partial charge >= 0.3 is 5.97 Å². The smallest absolute Gasteiger partial charge is 0.339 e. The number of nitrogens with zero attached hydrogens (tertiary/aromatic N) is 2.